The Morgan fingerprint density at radius 3 is 2.60 bits per heavy atom. The third-order valence-electron chi connectivity index (χ3n) is 4.54. The molecule has 1 N–H and O–H groups in total. The lowest BCUT2D eigenvalue weighted by Crippen LogP contribution is -2.41. The number of rotatable bonds is 5. The Bertz CT molecular complexity index is 721. The zero-order valence-electron chi connectivity index (χ0n) is 14.4. The van der Waals surface area contributed by atoms with E-state index in [1.54, 1.807) is 0 Å². The zero-order chi connectivity index (χ0) is 17.6. The number of likely N-dealkylation sites (tertiary alicyclic amines) is 1. The summed E-state index contributed by atoms with van der Waals surface area (Å²) in [6, 6.07) is 10.1. The number of piperidine rings is 1. The number of amides is 2. The predicted molar refractivity (Wildman–Crippen MR) is 99.5 cm³/mol. The molecular weight excluding hydrogens is 334 g/mol. The molecule has 1 aliphatic rings. The van der Waals surface area contributed by atoms with E-state index < -0.39 is 0 Å². The van der Waals surface area contributed by atoms with Crippen LogP contribution in [0.3, 0.4) is 0 Å². The van der Waals surface area contributed by atoms with E-state index in [-0.39, 0.29) is 17.7 Å². The number of thiazole rings is 1. The number of hydrogen-bond donors (Lipinski definition) is 1. The predicted octanol–water partition coefficient (Wildman–Crippen LogP) is 3.26. The molecule has 0 radical (unpaired) electrons. The van der Waals surface area contributed by atoms with E-state index in [9.17, 15) is 9.59 Å². The van der Waals surface area contributed by atoms with Crippen molar-refractivity contribution in [1.82, 2.24) is 9.88 Å². The van der Waals surface area contributed by atoms with E-state index in [1.165, 1.54) is 16.9 Å². The Morgan fingerprint density at radius 1 is 1.24 bits per heavy atom. The highest BCUT2D eigenvalue weighted by Crippen LogP contribution is 2.22. The molecule has 2 heterocycles. The van der Waals surface area contributed by atoms with Gasteiger partial charge in [0.15, 0.2) is 5.13 Å². The summed E-state index contributed by atoms with van der Waals surface area (Å²) >= 11 is 1.44. The van der Waals surface area contributed by atoms with Crippen LogP contribution in [-0.2, 0) is 16.0 Å². The Morgan fingerprint density at radius 2 is 1.96 bits per heavy atom. The third kappa shape index (κ3) is 4.89. The second-order valence-corrected chi connectivity index (χ2v) is 7.28. The van der Waals surface area contributed by atoms with Crippen molar-refractivity contribution in [1.29, 1.82) is 0 Å². The first-order valence-electron chi connectivity index (χ1n) is 8.66. The van der Waals surface area contributed by atoms with Gasteiger partial charge in [-0.1, -0.05) is 30.3 Å². The molecule has 1 aromatic carbocycles. The fourth-order valence-electron chi connectivity index (χ4n) is 3.06. The van der Waals surface area contributed by atoms with Crippen LogP contribution in [0.2, 0.25) is 0 Å². The Labute approximate surface area is 152 Å². The van der Waals surface area contributed by atoms with Gasteiger partial charge in [-0.25, -0.2) is 4.98 Å². The molecular formula is C19H23N3O2S. The first-order valence-corrected chi connectivity index (χ1v) is 9.54. The lowest BCUT2D eigenvalue weighted by atomic mass is 9.95. The van der Waals surface area contributed by atoms with Gasteiger partial charge in [0.1, 0.15) is 0 Å². The molecule has 0 spiro atoms. The van der Waals surface area contributed by atoms with Crippen molar-refractivity contribution in [2.24, 2.45) is 5.92 Å². The van der Waals surface area contributed by atoms with Gasteiger partial charge in [-0.15, -0.1) is 11.3 Å². The molecule has 0 atom stereocenters. The van der Waals surface area contributed by atoms with Crippen LogP contribution in [-0.4, -0.2) is 34.8 Å². The Balaban J connectivity index is 1.43. The maximum Gasteiger partial charge on any atom is 0.229 e. The first kappa shape index (κ1) is 17.6. The van der Waals surface area contributed by atoms with Gasteiger partial charge in [0, 0.05) is 30.8 Å². The molecule has 0 aliphatic carbocycles. The molecule has 1 aromatic heterocycles. The molecule has 2 amide bonds. The summed E-state index contributed by atoms with van der Waals surface area (Å²) in [5, 5.41) is 5.46. The van der Waals surface area contributed by atoms with Gasteiger partial charge in [-0.2, -0.15) is 0 Å². The van der Waals surface area contributed by atoms with E-state index in [1.807, 2.05) is 47.5 Å². The number of nitrogens with one attached hydrogen (secondary N) is 1. The van der Waals surface area contributed by atoms with Crippen LogP contribution in [0.15, 0.2) is 35.7 Å². The first-order chi connectivity index (χ1) is 12.1. The molecule has 132 valence electrons. The van der Waals surface area contributed by atoms with Crippen LogP contribution < -0.4 is 5.32 Å². The number of anilines is 1. The Kier molecular flexibility index (Phi) is 5.81. The number of carbonyl (C=O) groups is 2. The minimum Gasteiger partial charge on any atom is -0.343 e. The topological polar surface area (TPSA) is 62.3 Å². The minimum atomic E-state index is -0.0395. The molecule has 6 heteroatoms. The van der Waals surface area contributed by atoms with Gasteiger partial charge in [-0.05, 0) is 31.7 Å². The summed E-state index contributed by atoms with van der Waals surface area (Å²) in [5.74, 6) is 0.159. The Hall–Kier alpha value is -2.21. The number of aromatic nitrogens is 1. The van der Waals surface area contributed by atoms with Gasteiger partial charge >= 0.3 is 0 Å². The van der Waals surface area contributed by atoms with Crippen molar-refractivity contribution in [2.75, 3.05) is 18.4 Å². The van der Waals surface area contributed by atoms with E-state index in [2.05, 4.69) is 10.3 Å². The molecule has 25 heavy (non-hydrogen) atoms. The normalized spacial score (nSPS) is 15.2. The highest BCUT2D eigenvalue weighted by atomic mass is 32.1. The minimum absolute atomic E-state index is 0.0192. The molecule has 2 aromatic rings. The van der Waals surface area contributed by atoms with E-state index in [0.717, 1.165) is 12.1 Å². The monoisotopic (exact) mass is 357 g/mol. The van der Waals surface area contributed by atoms with Crippen LogP contribution in [0.1, 0.15) is 30.5 Å². The highest BCUT2D eigenvalue weighted by molar-refractivity contribution is 7.13. The third-order valence-corrected chi connectivity index (χ3v) is 5.41. The number of aryl methyl sites for hydroxylation is 2. The fraction of sp³-hybridized carbons (Fsp3) is 0.421. The van der Waals surface area contributed by atoms with E-state index in [0.29, 0.717) is 37.5 Å². The van der Waals surface area contributed by atoms with Crippen molar-refractivity contribution in [3.63, 3.8) is 0 Å². The molecule has 1 fully saturated rings. The summed E-state index contributed by atoms with van der Waals surface area (Å²) in [4.78, 5) is 30.8. The van der Waals surface area contributed by atoms with Gasteiger partial charge < -0.3 is 10.2 Å². The smallest absolute Gasteiger partial charge is 0.229 e. The average Bonchev–Trinajstić information content (AvgIpc) is 3.05. The van der Waals surface area contributed by atoms with Crippen molar-refractivity contribution in [3.05, 3.63) is 47.0 Å². The lowest BCUT2D eigenvalue weighted by molar-refractivity contribution is -0.134. The van der Waals surface area contributed by atoms with E-state index in [4.69, 9.17) is 0 Å². The number of carbonyl (C=O) groups excluding carboxylic acids is 2. The maximum absolute atomic E-state index is 12.4. The van der Waals surface area contributed by atoms with Crippen LogP contribution in [0.25, 0.3) is 0 Å². The molecule has 0 saturated carbocycles. The number of benzene rings is 1. The quantitative estimate of drug-likeness (QED) is 0.893. The van der Waals surface area contributed by atoms with Gasteiger partial charge in [0.2, 0.25) is 11.8 Å². The SMILES string of the molecule is Cc1csc(NC(=O)C2CCN(C(=O)CCc3ccccc3)CC2)n1. The fourth-order valence-corrected chi connectivity index (χ4v) is 3.76. The number of nitrogens with zero attached hydrogens (tertiary/aromatic N) is 2. The van der Waals surface area contributed by atoms with Gasteiger partial charge in [0.25, 0.3) is 0 Å². The maximum atomic E-state index is 12.4. The molecule has 1 saturated heterocycles. The van der Waals surface area contributed by atoms with Gasteiger partial charge in [-0.3, -0.25) is 9.59 Å². The summed E-state index contributed by atoms with van der Waals surface area (Å²) < 4.78 is 0. The largest absolute Gasteiger partial charge is 0.343 e. The van der Waals surface area contributed by atoms with Crippen LogP contribution in [0.5, 0.6) is 0 Å². The van der Waals surface area contributed by atoms with E-state index >= 15 is 0 Å². The van der Waals surface area contributed by atoms with Gasteiger partial charge in [0.05, 0.1) is 5.69 Å². The summed E-state index contributed by atoms with van der Waals surface area (Å²) in [5.41, 5.74) is 2.10. The van der Waals surface area contributed by atoms with Crippen molar-refractivity contribution in [3.8, 4) is 0 Å². The summed E-state index contributed by atoms with van der Waals surface area (Å²) in [7, 11) is 0. The molecule has 1 aliphatic heterocycles. The average molecular weight is 357 g/mol. The van der Waals surface area contributed by atoms with Crippen molar-refractivity contribution >= 4 is 28.3 Å². The molecule has 0 unspecified atom stereocenters. The zero-order valence-corrected chi connectivity index (χ0v) is 15.2. The molecule has 5 nitrogen and oxygen atoms in total. The van der Waals surface area contributed by atoms with Crippen LogP contribution in [0, 0.1) is 12.8 Å². The second-order valence-electron chi connectivity index (χ2n) is 6.42. The molecule has 3 rings (SSSR count). The van der Waals surface area contributed by atoms with Crippen LogP contribution >= 0.6 is 11.3 Å². The number of hydrogen-bond acceptors (Lipinski definition) is 4. The standard InChI is InChI=1S/C19H23N3O2S/c1-14-13-25-19(20-14)21-18(24)16-9-11-22(12-10-16)17(23)8-7-15-5-3-2-4-6-15/h2-6,13,16H,7-12H2,1H3,(H,20,21,24). The second kappa shape index (κ2) is 8.25. The lowest BCUT2D eigenvalue weighted by Gasteiger charge is -2.31. The summed E-state index contributed by atoms with van der Waals surface area (Å²) in [6.45, 7) is 3.22. The summed E-state index contributed by atoms with van der Waals surface area (Å²) in [6.07, 6.45) is 2.73. The molecule has 0 bridgehead atoms. The highest BCUT2D eigenvalue weighted by Gasteiger charge is 2.27. The van der Waals surface area contributed by atoms with Crippen molar-refractivity contribution in [2.45, 2.75) is 32.6 Å². The van der Waals surface area contributed by atoms with Crippen molar-refractivity contribution < 1.29 is 9.59 Å². The van der Waals surface area contributed by atoms with Crippen LogP contribution in [0.4, 0.5) is 5.13 Å².